The van der Waals surface area contributed by atoms with Crippen molar-refractivity contribution in [3.8, 4) is 0 Å². The Morgan fingerprint density at radius 1 is 1.20 bits per heavy atom. The average Bonchev–Trinajstić information content (AvgIpc) is 2.55. The normalized spacial score (nSPS) is 12.8. The fourth-order valence-electron chi connectivity index (χ4n) is 2.90. The summed E-state index contributed by atoms with van der Waals surface area (Å²) in [7, 11) is -3.78. The van der Waals surface area contributed by atoms with Gasteiger partial charge in [0.05, 0.1) is 17.2 Å². The Labute approximate surface area is 155 Å². The Hall–Kier alpha value is -1.56. The number of aryl methyl sites for hydroxylation is 1. The fraction of sp³-hybridized carbons (Fsp3) is 0.368. The second kappa shape index (κ2) is 8.21. The van der Waals surface area contributed by atoms with Gasteiger partial charge in [-0.1, -0.05) is 43.1 Å². The van der Waals surface area contributed by atoms with Crippen molar-refractivity contribution in [1.29, 1.82) is 0 Å². The van der Waals surface area contributed by atoms with E-state index in [2.05, 4.69) is 0 Å². The third kappa shape index (κ3) is 4.35. The summed E-state index contributed by atoms with van der Waals surface area (Å²) in [5.41, 5.74) is 1.83. The first-order valence-electron chi connectivity index (χ1n) is 8.31. The van der Waals surface area contributed by atoms with Gasteiger partial charge in [-0.3, -0.25) is 4.31 Å². The van der Waals surface area contributed by atoms with Crippen LogP contribution in [0.3, 0.4) is 0 Å². The number of aliphatic hydroxyl groups is 1. The minimum absolute atomic E-state index is 0.235. The Morgan fingerprint density at radius 2 is 1.92 bits per heavy atom. The van der Waals surface area contributed by atoms with Crippen LogP contribution in [0.2, 0.25) is 5.02 Å². The number of hydrogen-bond acceptors (Lipinski definition) is 3. The van der Waals surface area contributed by atoms with Crippen LogP contribution in [0, 0.1) is 6.92 Å². The molecule has 0 bridgehead atoms. The van der Waals surface area contributed by atoms with Crippen LogP contribution < -0.4 is 4.31 Å². The molecule has 0 aliphatic rings. The molecule has 6 heteroatoms. The van der Waals surface area contributed by atoms with E-state index in [1.807, 2.05) is 26.8 Å². The van der Waals surface area contributed by atoms with E-state index >= 15 is 0 Å². The number of anilines is 1. The van der Waals surface area contributed by atoms with E-state index in [0.717, 1.165) is 12.0 Å². The molecular weight excluding hydrogens is 358 g/mol. The molecule has 2 aromatic rings. The molecule has 0 aromatic heterocycles. The Kier molecular flexibility index (Phi) is 6.49. The van der Waals surface area contributed by atoms with E-state index in [-0.39, 0.29) is 17.5 Å². The topological polar surface area (TPSA) is 57.6 Å². The van der Waals surface area contributed by atoms with Crippen LogP contribution in [-0.2, 0) is 16.6 Å². The van der Waals surface area contributed by atoms with Crippen LogP contribution in [0.5, 0.6) is 0 Å². The predicted octanol–water partition coefficient (Wildman–Crippen LogP) is 4.52. The minimum atomic E-state index is -3.78. The lowest BCUT2D eigenvalue weighted by Crippen LogP contribution is -2.39. The predicted molar refractivity (Wildman–Crippen MR) is 103 cm³/mol. The SMILES string of the molecule is CCCC(C)N(c1cc(Cl)ccc1CO)S(=O)(=O)c1cccc(C)c1. The van der Waals surface area contributed by atoms with Crippen LogP contribution in [-0.4, -0.2) is 19.6 Å². The van der Waals surface area contributed by atoms with E-state index in [4.69, 9.17) is 11.6 Å². The summed E-state index contributed by atoms with van der Waals surface area (Å²) in [6.45, 7) is 5.49. The molecule has 0 aliphatic heterocycles. The molecule has 1 N–H and O–H groups in total. The summed E-state index contributed by atoms with van der Waals surface area (Å²) in [5.74, 6) is 0. The number of benzene rings is 2. The zero-order valence-electron chi connectivity index (χ0n) is 14.7. The van der Waals surface area contributed by atoms with Gasteiger partial charge in [0.15, 0.2) is 0 Å². The number of hydrogen-bond donors (Lipinski definition) is 1. The molecule has 25 heavy (non-hydrogen) atoms. The van der Waals surface area contributed by atoms with Gasteiger partial charge in [-0.2, -0.15) is 0 Å². The molecule has 1 atom stereocenters. The van der Waals surface area contributed by atoms with Crippen LogP contribution in [0.4, 0.5) is 5.69 Å². The molecule has 1 unspecified atom stereocenters. The van der Waals surface area contributed by atoms with Gasteiger partial charge < -0.3 is 5.11 Å². The van der Waals surface area contributed by atoms with Gasteiger partial charge in [0.1, 0.15) is 0 Å². The highest BCUT2D eigenvalue weighted by Crippen LogP contribution is 2.33. The van der Waals surface area contributed by atoms with Crippen molar-refractivity contribution in [2.24, 2.45) is 0 Å². The molecule has 136 valence electrons. The summed E-state index contributed by atoms with van der Waals surface area (Å²) in [5, 5.41) is 10.1. The lowest BCUT2D eigenvalue weighted by atomic mass is 10.1. The van der Waals surface area contributed by atoms with Gasteiger partial charge >= 0.3 is 0 Å². The van der Waals surface area contributed by atoms with E-state index in [1.165, 1.54) is 4.31 Å². The van der Waals surface area contributed by atoms with Crippen molar-refractivity contribution in [2.45, 2.75) is 51.2 Å². The molecule has 0 aliphatic carbocycles. The van der Waals surface area contributed by atoms with E-state index in [0.29, 0.717) is 22.7 Å². The molecule has 2 aromatic carbocycles. The molecular formula is C19H24ClNO3S. The molecule has 0 spiro atoms. The fourth-order valence-corrected chi connectivity index (χ4v) is 4.89. The monoisotopic (exact) mass is 381 g/mol. The molecule has 2 rings (SSSR count). The lowest BCUT2D eigenvalue weighted by molar-refractivity contribution is 0.282. The van der Waals surface area contributed by atoms with Crippen molar-refractivity contribution in [3.05, 3.63) is 58.6 Å². The first-order valence-corrected chi connectivity index (χ1v) is 10.1. The van der Waals surface area contributed by atoms with Crippen LogP contribution in [0.1, 0.15) is 37.8 Å². The minimum Gasteiger partial charge on any atom is -0.392 e. The maximum atomic E-state index is 13.4. The molecule has 0 saturated carbocycles. The van der Waals surface area contributed by atoms with Crippen molar-refractivity contribution < 1.29 is 13.5 Å². The van der Waals surface area contributed by atoms with Crippen molar-refractivity contribution in [2.75, 3.05) is 4.31 Å². The van der Waals surface area contributed by atoms with Crippen LogP contribution in [0.15, 0.2) is 47.4 Å². The van der Waals surface area contributed by atoms with Crippen LogP contribution >= 0.6 is 11.6 Å². The van der Waals surface area contributed by atoms with Gasteiger partial charge in [0, 0.05) is 16.6 Å². The van der Waals surface area contributed by atoms with Gasteiger partial charge in [0.2, 0.25) is 0 Å². The van der Waals surface area contributed by atoms with Crippen molar-refractivity contribution in [3.63, 3.8) is 0 Å². The third-order valence-corrected chi connectivity index (χ3v) is 6.27. The highest BCUT2D eigenvalue weighted by atomic mass is 35.5. The van der Waals surface area contributed by atoms with Crippen molar-refractivity contribution >= 4 is 27.3 Å². The second-order valence-electron chi connectivity index (χ2n) is 6.19. The highest BCUT2D eigenvalue weighted by Gasteiger charge is 2.30. The second-order valence-corrected chi connectivity index (χ2v) is 8.44. The maximum Gasteiger partial charge on any atom is 0.264 e. The molecule has 0 fully saturated rings. The summed E-state index contributed by atoms with van der Waals surface area (Å²) in [4.78, 5) is 0.235. The Bertz CT molecular complexity index is 836. The number of rotatable bonds is 7. The molecule has 0 amide bonds. The van der Waals surface area contributed by atoms with Gasteiger partial charge in [-0.25, -0.2) is 8.42 Å². The number of nitrogens with zero attached hydrogens (tertiary/aromatic N) is 1. The van der Waals surface area contributed by atoms with Crippen LogP contribution in [0.25, 0.3) is 0 Å². The Morgan fingerprint density at radius 3 is 2.52 bits per heavy atom. The first kappa shape index (κ1) is 19.8. The molecule has 0 radical (unpaired) electrons. The lowest BCUT2D eigenvalue weighted by Gasteiger charge is -2.32. The van der Waals surface area contributed by atoms with E-state index in [9.17, 15) is 13.5 Å². The third-order valence-electron chi connectivity index (χ3n) is 4.11. The molecule has 4 nitrogen and oxygen atoms in total. The summed E-state index contributed by atoms with van der Waals surface area (Å²) in [6.07, 6.45) is 1.54. The standard InChI is InChI=1S/C19H24ClNO3S/c1-4-6-15(3)21(19-12-17(20)10-9-16(19)13-22)25(23,24)18-8-5-7-14(2)11-18/h5,7-12,15,22H,4,6,13H2,1-3H3. The Balaban J connectivity index is 2.67. The smallest absolute Gasteiger partial charge is 0.264 e. The summed E-state index contributed by atoms with van der Waals surface area (Å²) in [6, 6.07) is 11.5. The number of halogens is 1. The molecule has 0 saturated heterocycles. The summed E-state index contributed by atoms with van der Waals surface area (Å²) < 4.78 is 28.2. The first-order chi connectivity index (χ1) is 11.8. The largest absolute Gasteiger partial charge is 0.392 e. The van der Waals surface area contributed by atoms with E-state index < -0.39 is 10.0 Å². The van der Waals surface area contributed by atoms with Gasteiger partial charge in [-0.05, 0) is 50.1 Å². The summed E-state index contributed by atoms with van der Waals surface area (Å²) >= 11 is 6.12. The number of sulfonamides is 1. The highest BCUT2D eigenvalue weighted by molar-refractivity contribution is 7.92. The van der Waals surface area contributed by atoms with Crippen molar-refractivity contribution in [1.82, 2.24) is 0 Å². The zero-order chi connectivity index (χ0) is 18.6. The molecule has 0 heterocycles. The maximum absolute atomic E-state index is 13.4. The zero-order valence-corrected chi connectivity index (χ0v) is 16.3. The number of aliphatic hydroxyl groups excluding tert-OH is 1. The van der Waals surface area contributed by atoms with Gasteiger partial charge in [-0.15, -0.1) is 0 Å². The van der Waals surface area contributed by atoms with Gasteiger partial charge in [0.25, 0.3) is 10.0 Å². The average molecular weight is 382 g/mol. The quantitative estimate of drug-likeness (QED) is 0.766. The van der Waals surface area contributed by atoms with E-state index in [1.54, 1.807) is 36.4 Å².